The second-order valence-corrected chi connectivity index (χ2v) is 7.01. The first kappa shape index (κ1) is 16.9. The Kier molecular flexibility index (Phi) is 5.77. The van der Waals surface area contributed by atoms with Crippen LogP contribution in [-0.2, 0) is 22.4 Å². The van der Waals surface area contributed by atoms with E-state index in [4.69, 9.17) is 10.5 Å². The monoisotopic (exact) mass is 346 g/mol. The van der Waals surface area contributed by atoms with Crippen molar-refractivity contribution < 1.29 is 9.53 Å². The molecule has 2 aromatic rings. The molecule has 0 spiro atoms. The van der Waals surface area contributed by atoms with Crippen molar-refractivity contribution in [3.05, 3.63) is 40.9 Å². The van der Waals surface area contributed by atoms with Crippen LogP contribution in [0.1, 0.15) is 23.4 Å². The van der Waals surface area contributed by atoms with Gasteiger partial charge in [0.25, 0.3) is 0 Å². The van der Waals surface area contributed by atoms with Crippen LogP contribution in [0, 0.1) is 0 Å². The Morgan fingerprint density at radius 1 is 1.33 bits per heavy atom. The zero-order valence-electron chi connectivity index (χ0n) is 13.6. The molecule has 1 saturated heterocycles. The molecule has 24 heavy (non-hydrogen) atoms. The fraction of sp³-hybridized carbons (Fsp3) is 0.471. The molecule has 0 saturated carbocycles. The van der Waals surface area contributed by atoms with Gasteiger partial charge in [0, 0.05) is 13.1 Å². The third-order valence-electron chi connectivity index (χ3n) is 4.11. The number of aromatic nitrogens is 2. The smallest absolute Gasteiger partial charge is 0.229 e. The van der Waals surface area contributed by atoms with E-state index in [0.29, 0.717) is 29.8 Å². The molecule has 2 heterocycles. The summed E-state index contributed by atoms with van der Waals surface area (Å²) in [6, 6.07) is 10.4. The number of morpholine rings is 1. The lowest BCUT2D eigenvalue weighted by molar-refractivity contribution is -0.138. The predicted molar refractivity (Wildman–Crippen MR) is 93.7 cm³/mol. The predicted octanol–water partition coefficient (Wildman–Crippen LogP) is 1.91. The number of amides is 1. The Hall–Kier alpha value is -1.99. The van der Waals surface area contributed by atoms with Crippen LogP contribution >= 0.6 is 11.3 Å². The molecule has 1 amide bonds. The Morgan fingerprint density at radius 3 is 2.92 bits per heavy atom. The Bertz CT molecular complexity index is 662. The third kappa shape index (κ3) is 4.75. The summed E-state index contributed by atoms with van der Waals surface area (Å²) in [5, 5.41) is 8.74. The molecule has 1 atom stereocenters. The van der Waals surface area contributed by atoms with Crippen LogP contribution in [0.2, 0.25) is 0 Å². The molecule has 1 unspecified atom stereocenters. The number of carbonyl (C=O) groups excluding carboxylic acids is 1. The van der Waals surface area contributed by atoms with E-state index in [1.165, 1.54) is 16.9 Å². The molecule has 0 radical (unpaired) electrons. The van der Waals surface area contributed by atoms with Gasteiger partial charge >= 0.3 is 0 Å². The summed E-state index contributed by atoms with van der Waals surface area (Å²) in [4.78, 5) is 14.3. The molecule has 1 aromatic carbocycles. The first-order valence-electron chi connectivity index (χ1n) is 8.22. The summed E-state index contributed by atoms with van der Waals surface area (Å²) in [6.45, 7) is 1.89. The van der Waals surface area contributed by atoms with E-state index in [-0.39, 0.29) is 18.4 Å². The van der Waals surface area contributed by atoms with Gasteiger partial charge in [0.2, 0.25) is 11.0 Å². The quantitative estimate of drug-likeness (QED) is 0.864. The largest absolute Gasteiger partial charge is 0.375 e. The number of ether oxygens (including phenoxy) is 1. The van der Waals surface area contributed by atoms with Crippen LogP contribution in [-0.4, -0.2) is 46.8 Å². The molecule has 2 N–H and O–H groups in total. The molecule has 7 heteroatoms. The fourth-order valence-corrected chi connectivity index (χ4v) is 3.48. The summed E-state index contributed by atoms with van der Waals surface area (Å²) < 4.78 is 5.81. The summed E-state index contributed by atoms with van der Waals surface area (Å²) in [5.74, 6) is 0.0718. The topological polar surface area (TPSA) is 81.3 Å². The van der Waals surface area contributed by atoms with E-state index in [1.807, 2.05) is 11.0 Å². The van der Waals surface area contributed by atoms with Gasteiger partial charge in [-0.2, -0.15) is 0 Å². The fourth-order valence-electron chi connectivity index (χ4n) is 2.88. The van der Waals surface area contributed by atoms with E-state index < -0.39 is 0 Å². The Labute approximate surface area is 145 Å². The number of aryl methyl sites for hydroxylation is 1. The van der Waals surface area contributed by atoms with E-state index in [0.717, 1.165) is 19.3 Å². The van der Waals surface area contributed by atoms with Crippen molar-refractivity contribution in [2.45, 2.75) is 31.8 Å². The van der Waals surface area contributed by atoms with E-state index >= 15 is 0 Å². The average Bonchev–Trinajstić information content (AvgIpc) is 3.01. The standard InChI is InChI=1S/C17H22N4O2S/c18-17-20-19-15(24-17)11-16(22)21-9-10-23-14(12-21)8-4-7-13-5-2-1-3-6-13/h1-3,5-6,14H,4,7-12H2,(H2,18,20). The van der Waals surface area contributed by atoms with Gasteiger partial charge in [-0.05, 0) is 24.8 Å². The lowest BCUT2D eigenvalue weighted by Crippen LogP contribution is -2.46. The number of hydrogen-bond acceptors (Lipinski definition) is 6. The first-order chi connectivity index (χ1) is 11.7. The molecule has 1 fully saturated rings. The number of benzene rings is 1. The van der Waals surface area contributed by atoms with E-state index in [9.17, 15) is 4.79 Å². The van der Waals surface area contributed by atoms with Crippen LogP contribution in [0.15, 0.2) is 30.3 Å². The zero-order chi connectivity index (χ0) is 16.8. The van der Waals surface area contributed by atoms with Crippen molar-refractivity contribution in [3.8, 4) is 0 Å². The SMILES string of the molecule is Nc1nnc(CC(=O)N2CCOC(CCCc3ccccc3)C2)s1. The molecule has 0 bridgehead atoms. The highest BCUT2D eigenvalue weighted by Gasteiger charge is 2.24. The lowest BCUT2D eigenvalue weighted by Gasteiger charge is -2.33. The van der Waals surface area contributed by atoms with Crippen molar-refractivity contribution in [2.75, 3.05) is 25.4 Å². The first-order valence-corrected chi connectivity index (χ1v) is 9.03. The van der Waals surface area contributed by atoms with Gasteiger partial charge in [0.15, 0.2) is 0 Å². The zero-order valence-corrected chi connectivity index (χ0v) is 14.4. The number of nitrogens with two attached hydrogens (primary N) is 1. The number of rotatable bonds is 6. The van der Waals surface area contributed by atoms with Gasteiger partial charge < -0.3 is 15.4 Å². The van der Waals surface area contributed by atoms with Crippen molar-refractivity contribution in [1.29, 1.82) is 0 Å². The molecule has 1 aromatic heterocycles. The van der Waals surface area contributed by atoms with Gasteiger partial charge in [-0.1, -0.05) is 41.7 Å². The molecule has 128 valence electrons. The number of hydrogen-bond donors (Lipinski definition) is 1. The number of anilines is 1. The molecule has 0 aliphatic carbocycles. The maximum Gasteiger partial charge on any atom is 0.229 e. The Morgan fingerprint density at radius 2 is 2.17 bits per heavy atom. The van der Waals surface area contributed by atoms with Gasteiger partial charge in [0.05, 0.1) is 19.1 Å². The summed E-state index contributed by atoms with van der Waals surface area (Å²) in [7, 11) is 0. The number of carbonyl (C=O) groups is 1. The third-order valence-corrected chi connectivity index (χ3v) is 4.86. The maximum absolute atomic E-state index is 12.4. The molecule has 3 rings (SSSR count). The van der Waals surface area contributed by atoms with Crippen molar-refractivity contribution in [3.63, 3.8) is 0 Å². The summed E-state index contributed by atoms with van der Waals surface area (Å²) in [6.07, 6.45) is 3.45. The minimum Gasteiger partial charge on any atom is -0.375 e. The van der Waals surface area contributed by atoms with Crippen LogP contribution in [0.3, 0.4) is 0 Å². The van der Waals surface area contributed by atoms with Crippen LogP contribution in [0.25, 0.3) is 0 Å². The highest BCUT2D eigenvalue weighted by molar-refractivity contribution is 7.15. The van der Waals surface area contributed by atoms with Crippen molar-refractivity contribution >= 4 is 22.4 Å². The molecular weight excluding hydrogens is 324 g/mol. The lowest BCUT2D eigenvalue weighted by atomic mass is 10.0. The van der Waals surface area contributed by atoms with Gasteiger partial charge in [0.1, 0.15) is 5.01 Å². The maximum atomic E-state index is 12.4. The van der Waals surface area contributed by atoms with E-state index in [1.54, 1.807) is 0 Å². The van der Waals surface area contributed by atoms with Gasteiger partial charge in [-0.25, -0.2) is 0 Å². The van der Waals surface area contributed by atoms with Crippen LogP contribution < -0.4 is 5.73 Å². The van der Waals surface area contributed by atoms with Gasteiger partial charge in [-0.3, -0.25) is 4.79 Å². The highest BCUT2D eigenvalue weighted by Crippen LogP contribution is 2.16. The summed E-state index contributed by atoms with van der Waals surface area (Å²) >= 11 is 1.27. The Balaban J connectivity index is 1.44. The number of nitrogen functional groups attached to an aromatic ring is 1. The molecule has 1 aliphatic heterocycles. The molecular formula is C17H22N4O2S. The van der Waals surface area contributed by atoms with Crippen molar-refractivity contribution in [1.82, 2.24) is 15.1 Å². The van der Waals surface area contributed by atoms with E-state index in [2.05, 4.69) is 34.5 Å². The second-order valence-electron chi connectivity index (χ2n) is 5.92. The minimum absolute atomic E-state index is 0.0718. The summed E-state index contributed by atoms with van der Waals surface area (Å²) in [5.41, 5.74) is 6.90. The normalized spacial score (nSPS) is 17.8. The minimum atomic E-state index is 0.0718. The average molecular weight is 346 g/mol. The van der Waals surface area contributed by atoms with Crippen LogP contribution in [0.4, 0.5) is 5.13 Å². The van der Waals surface area contributed by atoms with Gasteiger partial charge in [-0.15, -0.1) is 10.2 Å². The molecule has 6 nitrogen and oxygen atoms in total. The highest BCUT2D eigenvalue weighted by atomic mass is 32.1. The second kappa shape index (κ2) is 8.21. The molecule has 1 aliphatic rings. The van der Waals surface area contributed by atoms with Crippen LogP contribution in [0.5, 0.6) is 0 Å². The van der Waals surface area contributed by atoms with Crippen molar-refractivity contribution in [2.24, 2.45) is 0 Å². The number of nitrogens with zero attached hydrogens (tertiary/aromatic N) is 3.